The quantitative estimate of drug-likeness (QED) is 0.458. The van der Waals surface area contributed by atoms with Gasteiger partial charge in [0.15, 0.2) is 0 Å². The van der Waals surface area contributed by atoms with E-state index in [4.69, 9.17) is 5.84 Å². The van der Waals surface area contributed by atoms with Crippen LogP contribution in [-0.2, 0) is 0 Å². The number of rotatable bonds is 0. The Morgan fingerprint density at radius 1 is 1.64 bits per heavy atom. The van der Waals surface area contributed by atoms with E-state index in [2.05, 4.69) is 10.1 Å². The van der Waals surface area contributed by atoms with Gasteiger partial charge < -0.3 is 5.84 Å². The third kappa shape index (κ3) is 0.991. The lowest BCUT2D eigenvalue weighted by molar-refractivity contribution is 1.13. The molecule has 0 fully saturated rings. The number of aromatic nitrogens is 1. The summed E-state index contributed by atoms with van der Waals surface area (Å²) in [6.07, 6.45) is 1.78. The van der Waals surface area contributed by atoms with Gasteiger partial charge in [-0.15, -0.1) is 0 Å². The Kier molecular flexibility index (Phi) is 1.54. The van der Waals surface area contributed by atoms with Gasteiger partial charge in [-0.2, -0.15) is 5.10 Å². The number of pyridine rings is 1. The van der Waals surface area contributed by atoms with Crippen molar-refractivity contribution in [1.82, 2.24) is 4.98 Å². The van der Waals surface area contributed by atoms with Gasteiger partial charge in [0.05, 0.1) is 5.71 Å². The van der Waals surface area contributed by atoms with Crippen LogP contribution in [0.15, 0.2) is 28.5 Å². The van der Waals surface area contributed by atoms with Crippen molar-refractivity contribution >= 4 is 17.5 Å². The monoisotopic (exact) mass is 165 g/mol. The maximum atomic E-state index is 5.20. The van der Waals surface area contributed by atoms with Crippen molar-refractivity contribution in [1.29, 1.82) is 0 Å². The second-order valence-corrected chi connectivity index (χ2v) is 3.18. The van der Waals surface area contributed by atoms with E-state index in [1.807, 2.05) is 12.1 Å². The van der Waals surface area contributed by atoms with Crippen LogP contribution in [-0.4, -0.2) is 16.4 Å². The number of hydrazone groups is 1. The molecule has 0 bridgehead atoms. The molecule has 1 aromatic rings. The van der Waals surface area contributed by atoms with Gasteiger partial charge in [-0.25, -0.2) is 4.98 Å². The molecule has 0 spiro atoms. The van der Waals surface area contributed by atoms with Crippen molar-refractivity contribution in [2.24, 2.45) is 10.9 Å². The first-order valence-electron chi connectivity index (χ1n) is 3.27. The van der Waals surface area contributed by atoms with Gasteiger partial charge in [-0.05, 0) is 12.1 Å². The molecule has 0 unspecified atom stereocenters. The van der Waals surface area contributed by atoms with Gasteiger partial charge >= 0.3 is 0 Å². The first-order chi connectivity index (χ1) is 5.42. The van der Waals surface area contributed by atoms with Gasteiger partial charge in [0.1, 0.15) is 5.03 Å². The molecule has 0 atom stereocenters. The molecule has 56 valence electrons. The topological polar surface area (TPSA) is 51.3 Å². The highest BCUT2D eigenvalue weighted by molar-refractivity contribution is 8.00. The van der Waals surface area contributed by atoms with Gasteiger partial charge in [-0.1, -0.05) is 11.8 Å². The van der Waals surface area contributed by atoms with Crippen molar-refractivity contribution in [3.63, 3.8) is 0 Å². The minimum atomic E-state index is 0.850. The minimum Gasteiger partial charge on any atom is -0.323 e. The normalized spacial score (nSPS) is 18.7. The SMILES string of the molecule is N/N=C1\CSc2ncccc21. The predicted molar refractivity (Wildman–Crippen MR) is 45.7 cm³/mol. The van der Waals surface area contributed by atoms with Crippen molar-refractivity contribution in [3.05, 3.63) is 23.9 Å². The molecule has 1 aromatic heterocycles. The number of nitrogens with two attached hydrogens (primary N) is 1. The fourth-order valence-corrected chi connectivity index (χ4v) is 2.03. The van der Waals surface area contributed by atoms with Crippen LogP contribution in [0.5, 0.6) is 0 Å². The highest BCUT2D eigenvalue weighted by atomic mass is 32.2. The van der Waals surface area contributed by atoms with Crippen molar-refractivity contribution < 1.29 is 0 Å². The molecule has 2 heterocycles. The molecule has 0 saturated carbocycles. The standard InChI is InChI=1S/C7H7N3S/c8-10-6-4-11-7-5(6)2-1-3-9-7/h1-3H,4,8H2/b10-6+. The fraction of sp³-hybridized carbons (Fsp3) is 0.143. The molecule has 0 amide bonds. The van der Waals surface area contributed by atoms with E-state index in [0.29, 0.717) is 0 Å². The van der Waals surface area contributed by atoms with Crippen LogP contribution in [0.4, 0.5) is 0 Å². The van der Waals surface area contributed by atoms with Gasteiger partial charge in [0, 0.05) is 17.5 Å². The Morgan fingerprint density at radius 3 is 3.36 bits per heavy atom. The lowest BCUT2D eigenvalue weighted by atomic mass is 10.2. The summed E-state index contributed by atoms with van der Waals surface area (Å²) < 4.78 is 0. The third-order valence-corrected chi connectivity index (χ3v) is 2.60. The van der Waals surface area contributed by atoms with E-state index in [1.165, 1.54) is 0 Å². The highest BCUT2D eigenvalue weighted by Crippen LogP contribution is 2.28. The number of hydrogen-bond acceptors (Lipinski definition) is 4. The Morgan fingerprint density at radius 2 is 2.55 bits per heavy atom. The van der Waals surface area contributed by atoms with Crippen LogP contribution in [0.3, 0.4) is 0 Å². The van der Waals surface area contributed by atoms with Crippen molar-refractivity contribution in [2.45, 2.75) is 5.03 Å². The maximum absolute atomic E-state index is 5.20. The van der Waals surface area contributed by atoms with Gasteiger partial charge in [0.25, 0.3) is 0 Å². The molecule has 2 rings (SSSR count). The minimum absolute atomic E-state index is 0.850. The summed E-state index contributed by atoms with van der Waals surface area (Å²) in [5.74, 6) is 6.05. The first-order valence-corrected chi connectivity index (χ1v) is 4.25. The summed E-state index contributed by atoms with van der Waals surface area (Å²) in [4.78, 5) is 4.18. The Labute approximate surface area is 68.7 Å². The van der Waals surface area contributed by atoms with Crippen molar-refractivity contribution in [3.8, 4) is 0 Å². The summed E-state index contributed by atoms with van der Waals surface area (Å²) >= 11 is 1.68. The summed E-state index contributed by atoms with van der Waals surface area (Å²) in [7, 11) is 0. The largest absolute Gasteiger partial charge is 0.323 e. The molecule has 11 heavy (non-hydrogen) atoms. The third-order valence-electron chi connectivity index (χ3n) is 1.58. The van der Waals surface area contributed by atoms with Crippen LogP contribution in [0.2, 0.25) is 0 Å². The summed E-state index contributed by atoms with van der Waals surface area (Å²) in [6, 6.07) is 3.89. The van der Waals surface area contributed by atoms with Gasteiger partial charge in [-0.3, -0.25) is 0 Å². The zero-order valence-electron chi connectivity index (χ0n) is 5.82. The Bertz CT molecular complexity index is 308. The highest BCUT2D eigenvalue weighted by Gasteiger charge is 2.18. The maximum Gasteiger partial charge on any atom is 0.105 e. The molecule has 2 N–H and O–H groups in total. The molecule has 0 aliphatic carbocycles. The second-order valence-electron chi connectivity index (χ2n) is 2.22. The molecule has 0 saturated heterocycles. The number of nitrogens with zero attached hydrogens (tertiary/aromatic N) is 2. The number of thioether (sulfide) groups is 1. The van der Waals surface area contributed by atoms with Crippen LogP contribution >= 0.6 is 11.8 Å². The van der Waals surface area contributed by atoms with Crippen LogP contribution in [0.1, 0.15) is 5.56 Å². The van der Waals surface area contributed by atoms with Crippen LogP contribution < -0.4 is 5.84 Å². The fourth-order valence-electron chi connectivity index (χ4n) is 1.05. The molecule has 0 radical (unpaired) electrons. The second kappa shape index (κ2) is 2.54. The zero-order valence-corrected chi connectivity index (χ0v) is 6.64. The Balaban J connectivity index is 2.55. The smallest absolute Gasteiger partial charge is 0.105 e. The van der Waals surface area contributed by atoms with E-state index in [1.54, 1.807) is 18.0 Å². The van der Waals surface area contributed by atoms with E-state index >= 15 is 0 Å². The van der Waals surface area contributed by atoms with Gasteiger partial charge in [0.2, 0.25) is 0 Å². The average molecular weight is 165 g/mol. The summed E-state index contributed by atoms with van der Waals surface area (Å²) in [5, 5.41) is 4.72. The van der Waals surface area contributed by atoms with Crippen LogP contribution in [0.25, 0.3) is 0 Å². The molecular weight excluding hydrogens is 158 g/mol. The molecule has 1 aliphatic heterocycles. The summed E-state index contributed by atoms with van der Waals surface area (Å²) in [6.45, 7) is 0. The summed E-state index contributed by atoms with van der Waals surface area (Å²) in [5.41, 5.74) is 2.03. The van der Waals surface area contributed by atoms with E-state index in [9.17, 15) is 0 Å². The van der Waals surface area contributed by atoms with Crippen molar-refractivity contribution in [2.75, 3.05) is 5.75 Å². The zero-order chi connectivity index (χ0) is 7.68. The first kappa shape index (κ1) is 6.67. The lowest BCUT2D eigenvalue weighted by Gasteiger charge is -1.93. The molecule has 1 aliphatic rings. The van der Waals surface area contributed by atoms with Crippen LogP contribution in [0, 0.1) is 0 Å². The molecule has 0 aromatic carbocycles. The molecule has 3 nitrogen and oxygen atoms in total. The molecule has 4 heteroatoms. The average Bonchev–Trinajstić information content (AvgIpc) is 2.47. The lowest BCUT2D eigenvalue weighted by Crippen LogP contribution is -2.01. The Hall–Kier alpha value is -1.03. The van der Waals surface area contributed by atoms with E-state index in [0.717, 1.165) is 22.1 Å². The van der Waals surface area contributed by atoms with E-state index in [-0.39, 0.29) is 0 Å². The molecular formula is C7H7N3S. The number of fused-ring (bicyclic) bond motifs is 1. The van der Waals surface area contributed by atoms with E-state index < -0.39 is 0 Å². The predicted octanol–water partition coefficient (Wildman–Crippen LogP) is 0.850. The number of hydrogen-bond donors (Lipinski definition) is 1.